The average molecular weight is 225 g/mol. The predicted molar refractivity (Wildman–Crippen MR) is 64.1 cm³/mol. The first-order chi connectivity index (χ1) is 7.40. The van der Waals surface area contributed by atoms with Crippen LogP contribution >= 0.6 is 11.3 Å². The quantitative estimate of drug-likeness (QED) is 0.854. The lowest BCUT2D eigenvalue weighted by Crippen LogP contribution is -2.36. The molecule has 0 aliphatic carbocycles. The van der Waals surface area contributed by atoms with Crippen molar-refractivity contribution < 1.29 is 5.11 Å². The fraction of sp³-hybridized carbons (Fsp3) is 0.667. The molecular formula is C12H19NOS. The van der Waals surface area contributed by atoms with Gasteiger partial charge in [-0.2, -0.15) is 11.3 Å². The summed E-state index contributed by atoms with van der Waals surface area (Å²) in [4.78, 5) is 2.44. The van der Waals surface area contributed by atoms with Gasteiger partial charge in [0.15, 0.2) is 0 Å². The van der Waals surface area contributed by atoms with Crippen LogP contribution in [0.5, 0.6) is 0 Å². The Labute approximate surface area is 95.5 Å². The third-order valence-electron chi connectivity index (χ3n) is 3.18. The van der Waals surface area contributed by atoms with Gasteiger partial charge in [0.25, 0.3) is 0 Å². The SMILES string of the molecule is OCC1CCCCCN1Cc1ccsc1. The van der Waals surface area contributed by atoms with Crippen molar-refractivity contribution in [1.29, 1.82) is 0 Å². The Hall–Kier alpha value is -0.380. The molecule has 1 aromatic rings. The molecule has 2 nitrogen and oxygen atoms in total. The van der Waals surface area contributed by atoms with E-state index in [2.05, 4.69) is 21.7 Å². The maximum absolute atomic E-state index is 9.38. The summed E-state index contributed by atoms with van der Waals surface area (Å²) < 4.78 is 0. The van der Waals surface area contributed by atoms with Gasteiger partial charge in [-0.1, -0.05) is 12.8 Å². The van der Waals surface area contributed by atoms with E-state index in [0.717, 1.165) is 19.5 Å². The predicted octanol–water partition coefficient (Wildman–Crippen LogP) is 2.49. The van der Waals surface area contributed by atoms with Gasteiger partial charge in [-0.3, -0.25) is 4.90 Å². The third-order valence-corrected chi connectivity index (χ3v) is 3.91. The van der Waals surface area contributed by atoms with E-state index in [9.17, 15) is 5.11 Å². The van der Waals surface area contributed by atoms with Gasteiger partial charge in [-0.15, -0.1) is 0 Å². The monoisotopic (exact) mass is 225 g/mol. The highest BCUT2D eigenvalue weighted by Gasteiger charge is 2.20. The highest BCUT2D eigenvalue weighted by Crippen LogP contribution is 2.19. The Morgan fingerprint density at radius 1 is 1.40 bits per heavy atom. The fourth-order valence-electron chi connectivity index (χ4n) is 2.27. The van der Waals surface area contributed by atoms with Crippen molar-refractivity contribution in [1.82, 2.24) is 4.90 Å². The molecule has 1 saturated heterocycles. The zero-order valence-corrected chi connectivity index (χ0v) is 9.88. The maximum atomic E-state index is 9.38. The molecule has 0 amide bonds. The summed E-state index contributed by atoms with van der Waals surface area (Å²) >= 11 is 1.75. The minimum absolute atomic E-state index is 0.310. The smallest absolute Gasteiger partial charge is 0.0586 e. The topological polar surface area (TPSA) is 23.5 Å². The molecule has 3 heteroatoms. The second-order valence-corrected chi connectivity index (χ2v) is 5.07. The molecule has 1 aliphatic rings. The van der Waals surface area contributed by atoms with E-state index in [1.807, 2.05) is 0 Å². The van der Waals surface area contributed by atoms with Crippen LogP contribution in [0.1, 0.15) is 31.2 Å². The molecule has 2 heterocycles. The van der Waals surface area contributed by atoms with Gasteiger partial charge in [0.1, 0.15) is 0 Å². The van der Waals surface area contributed by atoms with E-state index in [4.69, 9.17) is 0 Å². The number of nitrogens with zero attached hydrogens (tertiary/aromatic N) is 1. The van der Waals surface area contributed by atoms with E-state index in [1.165, 1.54) is 24.8 Å². The number of likely N-dealkylation sites (tertiary alicyclic amines) is 1. The van der Waals surface area contributed by atoms with Gasteiger partial charge in [0, 0.05) is 12.6 Å². The van der Waals surface area contributed by atoms with E-state index in [0.29, 0.717) is 12.6 Å². The minimum atomic E-state index is 0.310. The molecule has 1 fully saturated rings. The summed E-state index contributed by atoms with van der Waals surface area (Å²) in [5.41, 5.74) is 1.39. The fourth-order valence-corrected chi connectivity index (χ4v) is 2.93. The first kappa shape index (κ1) is 11.1. The number of aliphatic hydroxyl groups excluding tert-OH is 1. The van der Waals surface area contributed by atoms with Crippen LogP contribution in [0.2, 0.25) is 0 Å². The average Bonchev–Trinajstić information content (AvgIpc) is 2.64. The Kier molecular flexibility index (Phi) is 4.18. The molecule has 1 N–H and O–H groups in total. The first-order valence-electron chi connectivity index (χ1n) is 5.76. The highest BCUT2D eigenvalue weighted by atomic mass is 32.1. The molecule has 0 bridgehead atoms. The molecule has 0 spiro atoms. The summed E-state index contributed by atoms with van der Waals surface area (Å²) in [5.74, 6) is 0. The van der Waals surface area contributed by atoms with Crippen molar-refractivity contribution >= 4 is 11.3 Å². The second kappa shape index (κ2) is 5.64. The molecule has 1 unspecified atom stereocenters. The third kappa shape index (κ3) is 3.03. The van der Waals surface area contributed by atoms with Crippen LogP contribution in [-0.2, 0) is 6.54 Å². The van der Waals surface area contributed by atoms with Gasteiger partial charge in [-0.25, -0.2) is 0 Å². The van der Waals surface area contributed by atoms with Crippen molar-refractivity contribution in [3.05, 3.63) is 22.4 Å². The van der Waals surface area contributed by atoms with E-state index in [1.54, 1.807) is 11.3 Å². The van der Waals surface area contributed by atoms with E-state index < -0.39 is 0 Å². The highest BCUT2D eigenvalue weighted by molar-refractivity contribution is 7.07. The second-order valence-electron chi connectivity index (χ2n) is 4.29. The number of thiophene rings is 1. The molecule has 15 heavy (non-hydrogen) atoms. The van der Waals surface area contributed by atoms with Crippen molar-refractivity contribution in [2.24, 2.45) is 0 Å². The van der Waals surface area contributed by atoms with Crippen LogP contribution in [0.15, 0.2) is 16.8 Å². The van der Waals surface area contributed by atoms with Crippen molar-refractivity contribution in [2.75, 3.05) is 13.2 Å². The van der Waals surface area contributed by atoms with Crippen LogP contribution in [0, 0.1) is 0 Å². The summed E-state index contributed by atoms with van der Waals surface area (Å²) in [6.45, 7) is 2.46. The summed E-state index contributed by atoms with van der Waals surface area (Å²) in [6.07, 6.45) is 5.02. The molecule has 0 aromatic carbocycles. The Morgan fingerprint density at radius 2 is 2.33 bits per heavy atom. The molecule has 1 aromatic heterocycles. The van der Waals surface area contributed by atoms with Crippen LogP contribution in [-0.4, -0.2) is 29.2 Å². The van der Waals surface area contributed by atoms with Gasteiger partial charge in [0.05, 0.1) is 6.61 Å². The van der Waals surface area contributed by atoms with Gasteiger partial charge < -0.3 is 5.11 Å². The normalized spacial score (nSPS) is 23.9. The number of rotatable bonds is 3. The summed E-state index contributed by atoms with van der Waals surface area (Å²) in [6, 6.07) is 2.57. The van der Waals surface area contributed by atoms with Crippen molar-refractivity contribution in [3.8, 4) is 0 Å². The maximum Gasteiger partial charge on any atom is 0.0586 e. The zero-order chi connectivity index (χ0) is 10.5. The Bertz CT molecular complexity index is 273. The summed E-state index contributed by atoms with van der Waals surface area (Å²) in [7, 11) is 0. The van der Waals surface area contributed by atoms with Crippen molar-refractivity contribution in [2.45, 2.75) is 38.3 Å². The Balaban J connectivity index is 1.97. The number of hydrogen-bond donors (Lipinski definition) is 1. The van der Waals surface area contributed by atoms with E-state index in [-0.39, 0.29) is 0 Å². The molecular weight excluding hydrogens is 206 g/mol. The minimum Gasteiger partial charge on any atom is -0.395 e. The van der Waals surface area contributed by atoms with Gasteiger partial charge in [-0.05, 0) is 41.8 Å². The van der Waals surface area contributed by atoms with Crippen LogP contribution < -0.4 is 0 Å². The zero-order valence-electron chi connectivity index (χ0n) is 9.06. The molecule has 0 radical (unpaired) electrons. The van der Waals surface area contributed by atoms with Crippen LogP contribution in [0.4, 0.5) is 0 Å². The lowest BCUT2D eigenvalue weighted by atomic mass is 10.1. The van der Waals surface area contributed by atoms with Gasteiger partial charge >= 0.3 is 0 Å². The largest absolute Gasteiger partial charge is 0.395 e. The molecule has 1 atom stereocenters. The van der Waals surface area contributed by atoms with Crippen molar-refractivity contribution in [3.63, 3.8) is 0 Å². The van der Waals surface area contributed by atoms with Gasteiger partial charge in [0.2, 0.25) is 0 Å². The summed E-state index contributed by atoms with van der Waals surface area (Å²) in [5, 5.41) is 13.7. The van der Waals surface area contributed by atoms with Crippen LogP contribution in [0.25, 0.3) is 0 Å². The van der Waals surface area contributed by atoms with Crippen LogP contribution in [0.3, 0.4) is 0 Å². The molecule has 1 aliphatic heterocycles. The molecule has 2 rings (SSSR count). The molecule has 0 saturated carbocycles. The Morgan fingerprint density at radius 3 is 3.07 bits per heavy atom. The standard InChI is InChI=1S/C12H19NOS/c14-9-12-4-2-1-3-6-13(12)8-11-5-7-15-10-11/h5,7,10,12,14H,1-4,6,8-9H2. The lowest BCUT2D eigenvalue weighted by Gasteiger charge is -2.27. The number of hydrogen-bond acceptors (Lipinski definition) is 3. The number of aliphatic hydroxyl groups is 1. The van der Waals surface area contributed by atoms with E-state index >= 15 is 0 Å². The lowest BCUT2D eigenvalue weighted by molar-refractivity contribution is 0.118. The molecule has 84 valence electrons. The first-order valence-corrected chi connectivity index (χ1v) is 6.70.